The van der Waals surface area contributed by atoms with Gasteiger partial charge in [-0.15, -0.1) is 10.2 Å². The number of aliphatic carboxylic acids is 1. The Morgan fingerprint density at radius 2 is 2.35 bits per heavy atom. The lowest BCUT2D eigenvalue weighted by atomic mass is 10.1. The van der Waals surface area contributed by atoms with Crippen molar-refractivity contribution >= 4 is 17.7 Å². The molecule has 0 amide bonds. The summed E-state index contributed by atoms with van der Waals surface area (Å²) >= 11 is 1.15. The van der Waals surface area contributed by atoms with Crippen LogP contribution in [0.1, 0.15) is 20.8 Å². The van der Waals surface area contributed by atoms with E-state index < -0.39 is 5.97 Å². The van der Waals surface area contributed by atoms with Gasteiger partial charge in [-0.05, 0) is 20.8 Å². The molecule has 1 aromatic rings. The zero-order valence-electron chi connectivity index (χ0n) is 10.2. The van der Waals surface area contributed by atoms with Crippen LogP contribution in [0.4, 0.5) is 0 Å². The molecule has 0 aliphatic carbocycles. The van der Waals surface area contributed by atoms with Gasteiger partial charge >= 0.3 is 5.97 Å². The quantitative estimate of drug-likeness (QED) is 0.743. The minimum absolute atomic E-state index is 0.0201. The molecule has 0 unspecified atom stereocenters. The van der Waals surface area contributed by atoms with E-state index in [-0.39, 0.29) is 11.4 Å². The Hall–Kier alpha value is -1.08. The molecule has 0 aliphatic heterocycles. The van der Waals surface area contributed by atoms with Gasteiger partial charge < -0.3 is 14.4 Å². The second-order valence-electron chi connectivity index (χ2n) is 4.12. The Labute approximate surface area is 104 Å². The first kappa shape index (κ1) is 14.0. The van der Waals surface area contributed by atoms with E-state index in [0.29, 0.717) is 18.3 Å². The number of carboxylic acids is 1. The van der Waals surface area contributed by atoms with Crippen molar-refractivity contribution in [2.45, 2.75) is 38.1 Å². The van der Waals surface area contributed by atoms with Crippen molar-refractivity contribution in [2.75, 3.05) is 12.4 Å². The zero-order valence-corrected chi connectivity index (χ0v) is 11.0. The Balaban J connectivity index is 2.65. The van der Waals surface area contributed by atoms with Crippen molar-refractivity contribution in [3.63, 3.8) is 0 Å². The summed E-state index contributed by atoms with van der Waals surface area (Å²) in [5.41, 5.74) is -0.324. The minimum atomic E-state index is -0.867. The summed E-state index contributed by atoms with van der Waals surface area (Å²) in [7, 11) is 0. The summed E-state index contributed by atoms with van der Waals surface area (Å²) in [5, 5.41) is 16.9. The zero-order chi connectivity index (χ0) is 12.9. The number of rotatable bonds is 7. The van der Waals surface area contributed by atoms with Crippen molar-refractivity contribution in [2.24, 2.45) is 0 Å². The molecule has 0 spiro atoms. The highest BCUT2D eigenvalue weighted by atomic mass is 32.2. The third kappa shape index (κ3) is 4.74. The lowest BCUT2D eigenvalue weighted by Crippen LogP contribution is -2.30. The summed E-state index contributed by atoms with van der Waals surface area (Å²) in [6.45, 7) is 7.11. The fourth-order valence-electron chi connectivity index (χ4n) is 1.44. The van der Waals surface area contributed by atoms with E-state index in [9.17, 15) is 4.79 Å². The molecule has 1 N–H and O–H groups in total. The molecule has 0 saturated carbocycles. The highest BCUT2D eigenvalue weighted by molar-refractivity contribution is 7.99. The third-order valence-electron chi connectivity index (χ3n) is 1.99. The molecular weight excluding hydrogens is 242 g/mol. The third-order valence-corrected chi connectivity index (χ3v) is 2.96. The SMILES string of the molecule is CCOC(C)(C)Cn1cnnc1SCC(=O)O. The molecule has 0 fully saturated rings. The smallest absolute Gasteiger partial charge is 0.313 e. The number of ether oxygens (including phenoxy) is 1. The normalized spacial score (nSPS) is 11.7. The van der Waals surface area contributed by atoms with Crippen LogP contribution in [-0.4, -0.2) is 43.8 Å². The summed E-state index contributed by atoms with van der Waals surface area (Å²) < 4.78 is 7.39. The summed E-state index contributed by atoms with van der Waals surface area (Å²) in [6.07, 6.45) is 1.59. The number of carbonyl (C=O) groups is 1. The van der Waals surface area contributed by atoms with E-state index in [0.717, 1.165) is 11.8 Å². The van der Waals surface area contributed by atoms with Crippen molar-refractivity contribution in [1.29, 1.82) is 0 Å². The van der Waals surface area contributed by atoms with Crippen LogP contribution >= 0.6 is 11.8 Å². The highest BCUT2D eigenvalue weighted by Gasteiger charge is 2.20. The van der Waals surface area contributed by atoms with Crippen LogP contribution in [-0.2, 0) is 16.1 Å². The molecule has 0 aromatic carbocycles. The van der Waals surface area contributed by atoms with Gasteiger partial charge in [0.1, 0.15) is 6.33 Å². The Kier molecular flexibility index (Phi) is 4.95. The maximum absolute atomic E-state index is 10.5. The molecule has 6 nitrogen and oxygen atoms in total. The van der Waals surface area contributed by atoms with Crippen LogP contribution in [0.25, 0.3) is 0 Å². The molecule has 0 atom stereocenters. The van der Waals surface area contributed by atoms with Crippen LogP contribution in [0, 0.1) is 0 Å². The van der Waals surface area contributed by atoms with E-state index in [1.54, 1.807) is 6.33 Å². The van der Waals surface area contributed by atoms with Crippen LogP contribution in [0.15, 0.2) is 11.5 Å². The molecule has 7 heteroatoms. The molecule has 1 aromatic heterocycles. The molecule has 0 radical (unpaired) electrons. The van der Waals surface area contributed by atoms with Crippen molar-refractivity contribution in [3.8, 4) is 0 Å². The molecule has 1 heterocycles. The number of aromatic nitrogens is 3. The van der Waals surface area contributed by atoms with Crippen molar-refractivity contribution in [3.05, 3.63) is 6.33 Å². The standard InChI is InChI=1S/C10H17N3O3S/c1-4-16-10(2,3)6-13-7-11-12-9(13)17-5-8(14)15/h7H,4-6H2,1-3H3,(H,14,15). The van der Waals surface area contributed by atoms with Gasteiger partial charge in [-0.1, -0.05) is 11.8 Å². The predicted molar refractivity (Wildman–Crippen MR) is 64.1 cm³/mol. The van der Waals surface area contributed by atoms with Crippen LogP contribution < -0.4 is 0 Å². The molecule has 1 rings (SSSR count). The Morgan fingerprint density at radius 1 is 1.65 bits per heavy atom. The molecule has 96 valence electrons. The van der Waals surface area contributed by atoms with E-state index >= 15 is 0 Å². The number of hydrogen-bond donors (Lipinski definition) is 1. The average Bonchev–Trinajstić information content (AvgIpc) is 2.61. The van der Waals surface area contributed by atoms with Gasteiger partial charge in [0, 0.05) is 6.61 Å². The number of thioether (sulfide) groups is 1. The summed E-state index contributed by atoms with van der Waals surface area (Å²) in [4.78, 5) is 10.5. The molecule has 0 bridgehead atoms. The number of nitrogens with zero attached hydrogens (tertiary/aromatic N) is 3. The van der Waals surface area contributed by atoms with Gasteiger partial charge in [0.15, 0.2) is 5.16 Å². The van der Waals surface area contributed by atoms with Crippen LogP contribution in [0.3, 0.4) is 0 Å². The molecule has 0 saturated heterocycles. The summed E-state index contributed by atoms with van der Waals surface area (Å²) in [6, 6.07) is 0. The van der Waals surface area contributed by atoms with Gasteiger partial charge in [0.2, 0.25) is 0 Å². The minimum Gasteiger partial charge on any atom is -0.481 e. The van der Waals surface area contributed by atoms with Crippen molar-refractivity contribution < 1.29 is 14.6 Å². The maximum atomic E-state index is 10.5. The average molecular weight is 259 g/mol. The second-order valence-corrected chi connectivity index (χ2v) is 5.06. The highest BCUT2D eigenvalue weighted by Crippen LogP contribution is 2.19. The Morgan fingerprint density at radius 3 is 2.94 bits per heavy atom. The lowest BCUT2D eigenvalue weighted by Gasteiger charge is -2.25. The largest absolute Gasteiger partial charge is 0.481 e. The topological polar surface area (TPSA) is 77.2 Å². The Bertz CT molecular complexity index is 379. The first-order chi connectivity index (χ1) is 7.94. The first-order valence-corrected chi connectivity index (χ1v) is 6.29. The van der Waals surface area contributed by atoms with E-state index in [1.807, 2.05) is 25.3 Å². The van der Waals surface area contributed by atoms with E-state index in [2.05, 4.69) is 10.2 Å². The maximum Gasteiger partial charge on any atom is 0.313 e. The lowest BCUT2D eigenvalue weighted by molar-refractivity contribution is -0.133. The van der Waals surface area contributed by atoms with Gasteiger partial charge in [-0.2, -0.15) is 0 Å². The first-order valence-electron chi connectivity index (χ1n) is 5.31. The number of carboxylic acid groups (broad SMARTS) is 1. The second kappa shape index (κ2) is 6.02. The van der Waals surface area contributed by atoms with Gasteiger partial charge in [0.25, 0.3) is 0 Å². The van der Waals surface area contributed by atoms with Gasteiger partial charge in [-0.3, -0.25) is 4.79 Å². The van der Waals surface area contributed by atoms with Gasteiger partial charge in [0.05, 0.1) is 17.9 Å². The fourth-order valence-corrected chi connectivity index (χ4v) is 2.07. The van der Waals surface area contributed by atoms with Crippen LogP contribution in [0.2, 0.25) is 0 Å². The van der Waals surface area contributed by atoms with Crippen molar-refractivity contribution in [1.82, 2.24) is 14.8 Å². The summed E-state index contributed by atoms with van der Waals surface area (Å²) in [5.74, 6) is -0.887. The number of hydrogen-bond acceptors (Lipinski definition) is 5. The van der Waals surface area contributed by atoms with E-state index in [1.165, 1.54) is 0 Å². The van der Waals surface area contributed by atoms with E-state index in [4.69, 9.17) is 9.84 Å². The molecule has 17 heavy (non-hydrogen) atoms. The molecule has 0 aliphatic rings. The fraction of sp³-hybridized carbons (Fsp3) is 0.700. The predicted octanol–water partition coefficient (Wildman–Crippen LogP) is 1.27. The van der Waals surface area contributed by atoms with Crippen LogP contribution in [0.5, 0.6) is 0 Å². The monoisotopic (exact) mass is 259 g/mol. The molecular formula is C10H17N3O3S. The van der Waals surface area contributed by atoms with Gasteiger partial charge in [-0.25, -0.2) is 0 Å².